The number of aliphatic hydroxyl groups is 1. The molecular formula is C21H24N4O. The summed E-state index contributed by atoms with van der Waals surface area (Å²) in [5.41, 5.74) is 5.95. The molecule has 1 fully saturated rings. The summed E-state index contributed by atoms with van der Waals surface area (Å²) >= 11 is 0. The predicted octanol–water partition coefficient (Wildman–Crippen LogP) is 3.17. The van der Waals surface area contributed by atoms with Crippen molar-refractivity contribution in [3.8, 4) is 0 Å². The van der Waals surface area contributed by atoms with Gasteiger partial charge in [-0.1, -0.05) is 0 Å². The molecule has 3 aromatic heterocycles. The first-order valence-electron chi connectivity index (χ1n) is 9.52. The first kappa shape index (κ1) is 16.0. The molecule has 5 heterocycles. The largest absolute Gasteiger partial charge is 0.387 e. The summed E-state index contributed by atoms with van der Waals surface area (Å²) in [5.74, 6) is 0. The van der Waals surface area contributed by atoms with Crippen LogP contribution in [0.2, 0.25) is 0 Å². The van der Waals surface area contributed by atoms with E-state index in [-0.39, 0.29) is 0 Å². The molecule has 5 rings (SSSR count). The first-order chi connectivity index (χ1) is 12.7. The van der Waals surface area contributed by atoms with Gasteiger partial charge in [0.15, 0.2) is 0 Å². The topological polar surface area (TPSA) is 54.2 Å². The molecule has 2 aliphatic rings. The Morgan fingerprint density at radius 1 is 1.27 bits per heavy atom. The Bertz CT molecular complexity index is 950. The van der Waals surface area contributed by atoms with Crippen LogP contribution >= 0.6 is 0 Å². The number of nitrogens with zero attached hydrogens (tertiary/aromatic N) is 4. The Morgan fingerprint density at radius 3 is 2.96 bits per heavy atom. The van der Waals surface area contributed by atoms with Gasteiger partial charge in [0.1, 0.15) is 5.65 Å². The van der Waals surface area contributed by atoms with E-state index in [1.54, 1.807) is 12.4 Å². The Hall–Kier alpha value is -2.24. The monoisotopic (exact) mass is 348 g/mol. The van der Waals surface area contributed by atoms with Crippen molar-refractivity contribution < 1.29 is 5.11 Å². The lowest BCUT2D eigenvalue weighted by molar-refractivity contribution is 0.155. The van der Waals surface area contributed by atoms with Crippen LogP contribution in [0.25, 0.3) is 11.0 Å². The van der Waals surface area contributed by atoms with Gasteiger partial charge in [0.05, 0.1) is 12.6 Å². The van der Waals surface area contributed by atoms with Crippen molar-refractivity contribution in [2.24, 2.45) is 0 Å². The van der Waals surface area contributed by atoms with Crippen molar-refractivity contribution in [3.63, 3.8) is 0 Å². The highest BCUT2D eigenvalue weighted by Gasteiger charge is 2.35. The van der Waals surface area contributed by atoms with Crippen LogP contribution in [0.15, 0.2) is 36.8 Å². The van der Waals surface area contributed by atoms with Gasteiger partial charge in [-0.15, -0.1) is 0 Å². The molecule has 5 nitrogen and oxygen atoms in total. The molecule has 26 heavy (non-hydrogen) atoms. The smallest absolute Gasteiger partial charge is 0.140 e. The molecule has 0 saturated carbocycles. The van der Waals surface area contributed by atoms with Crippen LogP contribution < -0.4 is 0 Å². The van der Waals surface area contributed by atoms with Gasteiger partial charge in [-0.05, 0) is 61.2 Å². The molecule has 0 spiro atoms. The third-order valence-electron chi connectivity index (χ3n) is 5.97. The average molecular weight is 348 g/mol. The van der Waals surface area contributed by atoms with Crippen LogP contribution in [0.3, 0.4) is 0 Å². The van der Waals surface area contributed by atoms with E-state index >= 15 is 0 Å². The molecule has 134 valence electrons. The lowest BCUT2D eigenvalue weighted by Crippen LogP contribution is -2.31. The van der Waals surface area contributed by atoms with Crippen LogP contribution in [-0.2, 0) is 13.0 Å². The summed E-state index contributed by atoms with van der Waals surface area (Å²) in [4.78, 5) is 11.4. The summed E-state index contributed by atoms with van der Waals surface area (Å²) in [6.45, 7) is 4.96. The van der Waals surface area contributed by atoms with E-state index < -0.39 is 6.10 Å². The highest BCUT2D eigenvalue weighted by Crippen LogP contribution is 2.43. The van der Waals surface area contributed by atoms with Gasteiger partial charge in [-0.25, -0.2) is 4.98 Å². The van der Waals surface area contributed by atoms with Crippen molar-refractivity contribution in [3.05, 3.63) is 59.2 Å². The van der Waals surface area contributed by atoms with Crippen molar-refractivity contribution in [1.29, 1.82) is 0 Å². The van der Waals surface area contributed by atoms with Gasteiger partial charge in [0.25, 0.3) is 0 Å². The van der Waals surface area contributed by atoms with E-state index in [0.29, 0.717) is 12.6 Å². The third kappa shape index (κ3) is 2.46. The zero-order valence-electron chi connectivity index (χ0n) is 15.1. The van der Waals surface area contributed by atoms with Gasteiger partial charge in [0.2, 0.25) is 0 Å². The highest BCUT2D eigenvalue weighted by molar-refractivity contribution is 5.84. The van der Waals surface area contributed by atoms with E-state index in [0.717, 1.165) is 24.2 Å². The van der Waals surface area contributed by atoms with Gasteiger partial charge in [0, 0.05) is 48.7 Å². The SMILES string of the molecule is Cc1cnc2c(c1)c1c(n2CC(O)c2ccncc2)CCN2CCCC12. The number of pyridine rings is 2. The summed E-state index contributed by atoms with van der Waals surface area (Å²) in [5, 5.41) is 12.1. The van der Waals surface area contributed by atoms with E-state index in [1.807, 2.05) is 18.3 Å². The Labute approximate surface area is 153 Å². The quantitative estimate of drug-likeness (QED) is 0.790. The van der Waals surface area contributed by atoms with E-state index in [2.05, 4.69) is 27.4 Å². The minimum atomic E-state index is -0.553. The number of rotatable bonds is 3. The van der Waals surface area contributed by atoms with Crippen LogP contribution in [0, 0.1) is 6.92 Å². The molecular weight excluding hydrogens is 324 g/mol. The molecule has 2 aliphatic heterocycles. The van der Waals surface area contributed by atoms with E-state index in [9.17, 15) is 5.11 Å². The normalized spacial score (nSPS) is 20.9. The fourth-order valence-corrected chi connectivity index (χ4v) is 4.78. The van der Waals surface area contributed by atoms with Gasteiger partial charge < -0.3 is 9.67 Å². The second-order valence-corrected chi connectivity index (χ2v) is 7.60. The van der Waals surface area contributed by atoms with Crippen molar-refractivity contribution >= 4 is 11.0 Å². The molecule has 1 saturated heterocycles. The number of aliphatic hydroxyl groups excluding tert-OH is 1. The maximum absolute atomic E-state index is 10.8. The third-order valence-corrected chi connectivity index (χ3v) is 5.97. The van der Waals surface area contributed by atoms with Crippen LogP contribution in [0.4, 0.5) is 0 Å². The minimum Gasteiger partial charge on any atom is -0.387 e. The Balaban J connectivity index is 1.64. The lowest BCUT2D eigenvalue weighted by Gasteiger charge is -2.31. The molecule has 0 radical (unpaired) electrons. The fraction of sp³-hybridized carbons (Fsp3) is 0.429. The minimum absolute atomic E-state index is 0.518. The zero-order chi connectivity index (χ0) is 17.7. The summed E-state index contributed by atoms with van der Waals surface area (Å²) < 4.78 is 2.27. The maximum atomic E-state index is 10.8. The standard InChI is InChI=1S/C21H24N4O/c1-14-11-16-20-17-3-2-9-24(17)10-6-18(20)25(21(16)23-12-14)13-19(26)15-4-7-22-8-5-15/h4-5,7-8,11-12,17,19,26H,2-3,6,9-10,13H2,1H3. The molecule has 0 amide bonds. The number of hydrogen-bond acceptors (Lipinski definition) is 4. The summed E-state index contributed by atoms with van der Waals surface area (Å²) in [6.07, 6.45) is 8.39. The average Bonchev–Trinajstić information content (AvgIpc) is 3.25. The summed E-state index contributed by atoms with van der Waals surface area (Å²) in [6, 6.07) is 6.57. The van der Waals surface area contributed by atoms with Crippen molar-refractivity contribution in [1.82, 2.24) is 19.4 Å². The Morgan fingerprint density at radius 2 is 2.12 bits per heavy atom. The number of hydrogen-bond donors (Lipinski definition) is 1. The fourth-order valence-electron chi connectivity index (χ4n) is 4.78. The number of aromatic nitrogens is 3. The van der Waals surface area contributed by atoms with Crippen LogP contribution in [0.1, 0.15) is 47.4 Å². The molecule has 2 atom stereocenters. The second-order valence-electron chi connectivity index (χ2n) is 7.60. The van der Waals surface area contributed by atoms with Crippen LogP contribution in [0.5, 0.6) is 0 Å². The predicted molar refractivity (Wildman–Crippen MR) is 101 cm³/mol. The molecule has 3 aromatic rings. The van der Waals surface area contributed by atoms with Crippen LogP contribution in [-0.4, -0.2) is 37.6 Å². The molecule has 2 unspecified atom stereocenters. The zero-order valence-corrected chi connectivity index (χ0v) is 15.1. The Kier molecular flexibility index (Phi) is 3.80. The molecule has 0 aromatic carbocycles. The number of fused-ring (bicyclic) bond motifs is 5. The molecule has 0 bridgehead atoms. The highest BCUT2D eigenvalue weighted by atomic mass is 16.3. The van der Waals surface area contributed by atoms with E-state index in [1.165, 1.54) is 41.6 Å². The van der Waals surface area contributed by atoms with Gasteiger partial charge in [-0.3, -0.25) is 9.88 Å². The van der Waals surface area contributed by atoms with Gasteiger partial charge >= 0.3 is 0 Å². The summed E-state index contributed by atoms with van der Waals surface area (Å²) in [7, 11) is 0. The molecule has 5 heteroatoms. The van der Waals surface area contributed by atoms with Crippen molar-refractivity contribution in [2.45, 2.75) is 44.9 Å². The number of aryl methyl sites for hydroxylation is 1. The maximum Gasteiger partial charge on any atom is 0.140 e. The van der Waals surface area contributed by atoms with Crippen molar-refractivity contribution in [2.75, 3.05) is 13.1 Å². The molecule has 1 N–H and O–H groups in total. The molecule has 0 aliphatic carbocycles. The van der Waals surface area contributed by atoms with E-state index in [4.69, 9.17) is 4.98 Å². The lowest BCUT2D eigenvalue weighted by atomic mass is 9.96. The first-order valence-corrected chi connectivity index (χ1v) is 9.52. The van der Waals surface area contributed by atoms with Gasteiger partial charge in [-0.2, -0.15) is 0 Å². The second kappa shape index (κ2) is 6.18.